The number of thiophene rings is 1. The van der Waals surface area contributed by atoms with Gasteiger partial charge in [-0.05, 0) is 55.4 Å². The first-order valence-electron chi connectivity index (χ1n) is 9.85. The van der Waals surface area contributed by atoms with Gasteiger partial charge in [-0.2, -0.15) is 0 Å². The Morgan fingerprint density at radius 3 is 2.83 bits per heavy atom. The fourth-order valence-electron chi connectivity index (χ4n) is 3.94. The first kappa shape index (κ1) is 19.1. The molecule has 0 saturated carbocycles. The van der Waals surface area contributed by atoms with Crippen LogP contribution in [0.1, 0.15) is 39.2 Å². The molecule has 1 amide bonds. The third kappa shape index (κ3) is 3.26. The highest BCUT2D eigenvalue weighted by Gasteiger charge is 2.20. The van der Waals surface area contributed by atoms with E-state index in [2.05, 4.69) is 33.5 Å². The topological polar surface area (TPSA) is 76.9 Å². The minimum Gasteiger partial charge on any atom is -0.302 e. The number of nitrogens with one attached hydrogen (secondary N) is 1. The highest BCUT2D eigenvalue weighted by molar-refractivity contribution is 7.21. The molecule has 1 aliphatic rings. The standard InChI is InChI=1S/C22H20N4O2S2/c1-12-17-20(23-11-26(2)21(17)28)30-18(12)19(27)25-22-24-16(10-29-22)15-8-7-13-5-3-4-6-14(13)9-15/h7-11H,3-6H2,1-2H3,(H,24,25,27). The summed E-state index contributed by atoms with van der Waals surface area (Å²) >= 11 is 2.64. The van der Waals surface area contributed by atoms with Crippen LogP contribution in [-0.2, 0) is 19.9 Å². The van der Waals surface area contributed by atoms with Crippen molar-refractivity contribution in [1.82, 2.24) is 14.5 Å². The summed E-state index contributed by atoms with van der Waals surface area (Å²) in [5, 5.41) is 5.91. The molecule has 0 atom stereocenters. The smallest absolute Gasteiger partial charge is 0.267 e. The number of amides is 1. The van der Waals surface area contributed by atoms with Crippen LogP contribution >= 0.6 is 22.7 Å². The first-order chi connectivity index (χ1) is 14.5. The Bertz CT molecular complexity index is 1350. The van der Waals surface area contributed by atoms with Crippen LogP contribution in [0.4, 0.5) is 5.13 Å². The Balaban J connectivity index is 1.41. The maximum absolute atomic E-state index is 12.9. The van der Waals surface area contributed by atoms with Gasteiger partial charge in [-0.15, -0.1) is 22.7 Å². The molecule has 8 heteroatoms. The van der Waals surface area contributed by atoms with E-state index in [1.165, 1.54) is 57.5 Å². The quantitative estimate of drug-likeness (QED) is 0.511. The van der Waals surface area contributed by atoms with Crippen molar-refractivity contribution in [3.63, 3.8) is 0 Å². The zero-order chi connectivity index (χ0) is 20.8. The highest BCUT2D eigenvalue weighted by atomic mass is 32.1. The maximum atomic E-state index is 12.9. The zero-order valence-electron chi connectivity index (χ0n) is 16.7. The first-order valence-corrected chi connectivity index (χ1v) is 11.5. The molecule has 5 rings (SSSR count). The number of carbonyl (C=O) groups excluding carboxylic acids is 1. The molecule has 152 valence electrons. The number of thiazole rings is 1. The van der Waals surface area contributed by atoms with Gasteiger partial charge in [0.15, 0.2) is 5.13 Å². The molecular formula is C22H20N4O2S2. The van der Waals surface area contributed by atoms with Crippen molar-refractivity contribution < 1.29 is 4.79 Å². The van der Waals surface area contributed by atoms with E-state index in [-0.39, 0.29) is 11.5 Å². The van der Waals surface area contributed by atoms with Gasteiger partial charge in [-0.1, -0.05) is 12.1 Å². The maximum Gasteiger partial charge on any atom is 0.267 e. The molecule has 3 aromatic heterocycles. The van der Waals surface area contributed by atoms with E-state index in [9.17, 15) is 9.59 Å². The summed E-state index contributed by atoms with van der Waals surface area (Å²) in [4.78, 5) is 35.2. The molecule has 3 heterocycles. The molecule has 0 saturated heterocycles. The SMILES string of the molecule is Cc1c(C(=O)Nc2nc(-c3ccc4c(c3)CCCC4)cs2)sc2ncn(C)c(=O)c12. The largest absolute Gasteiger partial charge is 0.302 e. The Morgan fingerprint density at radius 2 is 2.00 bits per heavy atom. The lowest BCUT2D eigenvalue weighted by Crippen LogP contribution is -2.17. The highest BCUT2D eigenvalue weighted by Crippen LogP contribution is 2.31. The molecule has 1 N–H and O–H groups in total. The van der Waals surface area contributed by atoms with E-state index in [1.807, 2.05) is 5.38 Å². The van der Waals surface area contributed by atoms with Gasteiger partial charge in [0, 0.05) is 18.0 Å². The number of hydrogen-bond acceptors (Lipinski definition) is 6. The molecule has 1 aromatic carbocycles. The lowest BCUT2D eigenvalue weighted by atomic mass is 9.90. The van der Waals surface area contributed by atoms with E-state index in [0.717, 1.165) is 24.1 Å². The average Bonchev–Trinajstić information content (AvgIpc) is 3.35. The van der Waals surface area contributed by atoms with Crippen LogP contribution in [0.5, 0.6) is 0 Å². The lowest BCUT2D eigenvalue weighted by Gasteiger charge is -2.16. The molecule has 30 heavy (non-hydrogen) atoms. The summed E-state index contributed by atoms with van der Waals surface area (Å²) in [6, 6.07) is 6.55. The van der Waals surface area contributed by atoms with E-state index in [4.69, 9.17) is 0 Å². The Hall–Kier alpha value is -2.84. The predicted molar refractivity (Wildman–Crippen MR) is 122 cm³/mol. The van der Waals surface area contributed by atoms with Crippen molar-refractivity contribution in [3.8, 4) is 11.3 Å². The fraction of sp³-hybridized carbons (Fsp3) is 0.273. The van der Waals surface area contributed by atoms with Crippen LogP contribution < -0.4 is 10.9 Å². The number of rotatable bonds is 3. The number of anilines is 1. The van der Waals surface area contributed by atoms with Gasteiger partial charge in [0.05, 0.1) is 22.3 Å². The summed E-state index contributed by atoms with van der Waals surface area (Å²) in [6.45, 7) is 1.79. The second-order valence-electron chi connectivity index (χ2n) is 7.58. The molecule has 1 aliphatic carbocycles. The van der Waals surface area contributed by atoms with Gasteiger partial charge >= 0.3 is 0 Å². The van der Waals surface area contributed by atoms with Crippen LogP contribution in [0.15, 0.2) is 34.7 Å². The summed E-state index contributed by atoms with van der Waals surface area (Å²) in [6.07, 6.45) is 6.25. The van der Waals surface area contributed by atoms with Crippen molar-refractivity contribution in [2.24, 2.45) is 7.05 Å². The van der Waals surface area contributed by atoms with Gasteiger partial charge < -0.3 is 4.57 Å². The van der Waals surface area contributed by atoms with Crippen molar-refractivity contribution in [2.45, 2.75) is 32.6 Å². The van der Waals surface area contributed by atoms with Gasteiger partial charge in [0.2, 0.25) is 0 Å². The van der Waals surface area contributed by atoms with E-state index in [0.29, 0.717) is 25.8 Å². The van der Waals surface area contributed by atoms with Gasteiger partial charge in [0.25, 0.3) is 11.5 Å². The minimum absolute atomic E-state index is 0.142. The van der Waals surface area contributed by atoms with Gasteiger partial charge in [-0.3, -0.25) is 14.9 Å². The molecular weight excluding hydrogens is 416 g/mol. The number of hydrogen-bond donors (Lipinski definition) is 1. The third-order valence-corrected chi connectivity index (χ3v) is 7.54. The van der Waals surface area contributed by atoms with Crippen LogP contribution in [-0.4, -0.2) is 20.4 Å². The Kier molecular flexibility index (Phi) is 4.75. The lowest BCUT2D eigenvalue weighted by molar-refractivity contribution is 0.103. The number of fused-ring (bicyclic) bond motifs is 2. The summed E-state index contributed by atoms with van der Waals surface area (Å²) in [5.74, 6) is -0.260. The second-order valence-corrected chi connectivity index (χ2v) is 9.44. The minimum atomic E-state index is -0.260. The molecule has 0 spiro atoms. The van der Waals surface area contributed by atoms with Crippen LogP contribution in [0.3, 0.4) is 0 Å². The molecule has 0 aliphatic heterocycles. The van der Waals surface area contributed by atoms with E-state index < -0.39 is 0 Å². The van der Waals surface area contributed by atoms with Crippen LogP contribution in [0.2, 0.25) is 0 Å². The monoisotopic (exact) mass is 436 g/mol. The van der Waals surface area contributed by atoms with Crippen molar-refractivity contribution in [3.05, 3.63) is 61.8 Å². The normalized spacial score (nSPS) is 13.4. The molecule has 0 unspecified atom stereocenters. The number of carbonyl (C=O) groups is 1. The zero-order valence-corrected chi connectivity index (χ0v) is 18.3. The summed E-state index contributed by atoms with van der Waals surface area (Å²) in [7, 11) is 1.66. The number of aromatic nitrogens is 3. The summed E-state index contributed by atoms with van der Waals surface area (Å²) < 4.78 is 1.43. The number of aryl methyl sites for hydroxylation is 4. The van der Waals surface area contributed by atoms with Crippen LogP contribution in [0.25, 0.3) is 21.5 Å². The molecule has 6 nitrogen and oxygen atoms in total. The van der Waals surface area contributed by atoms with Crippen LogP contribution in [0, 0.1) is 6.92 Å². The van der Waals surface area contributed by atoms with Gasteiger partial charge in [0.1, 0.15) is 4.83 Å². The fourth-order valence-corrected chi connectivity index (χ4v) is 5.69. The number of nitrogens with zero attached hydrogens (tertiary/aromatic N) is 3. The Morgan fingerprint density at radius 1 is 1.20 bits per heavy atom. The molecule has 4 aromatic rings. The summed E-state index contributed by atoms with van der Waals surface area (Å²) in [5.41, 5.74) is 5.32. The average molecular weight is 437 g/mol. The Labute approximate surface area is 181 Å². The molecule has 0 radical (unpaired) electrons. The molecule has 0 bridgehead atoms. The van der Waals surface area contributed by atoms with Crippen molar-refractivity contribution >= 4 is 43.9 Å². The number of benzene rings is 1. The van der Waals surface area contributed by atoms with E-state index in [1.54, 1.807) is 14.0 Å². The van der Waals surface area contributed by atoms with Gasteiger partial charge in [-0.25, -0.2) is 9.97 Å². The second kappa shape index (κ2) is 7.45. The molecule has 0 fully saturated rings. The predicted octanol–water partition coefficient (Wildman–Crippen LogP) is 4.56. The van der Waals surface area contributed by atoms with Crippen molar-refractivity contribution in [2.75, 3.05) is 5.32 Å². The van der Waals surface area contributed by atoms with Crippen molar-refractivity contribution in [1.29, 1.82) is 0 Å². The third-order valence-electron chi connectivity index (χ3n) is 5.59. The van der Waals surface area contributed by atoms with E-state index >= 15 is 0 Å².